The molecule has 7 aromatic carbocycles. The number of allylic oxidation sites excluding steroid dienone is 1. The molecular formula is C47H33BN2Si. The van der Waals surface area contributed by atoms with Gasteiger partial charge in [0.05, 0.1) is 11.0 Å². The first kappa shape index (κ1) is 27.9. The second-order valence-corrected chi connectivity index (χ2v) is 18.9. The molecule has 1 aromatic heterocycles. The van der Waals surface area contributed by atoms with Crippen molar-refractivity contribution < 1.29 is 0 Å². The molecule has 0 amide bonds. The number of anilines is 2. The van der Waals surface area contributed by atoms with E-state index < -0.39 is 8.07 Å². The lowest BCUT2D eigenvalue weighted by Gasteiger charge is -2.45. The average Bonchev–Trinajstić information content (AvgIpc) is 3.65. The molecule has 4 heteroatoms. The molecule has 51 heavy (non-hydrogen) atoms. The van der Waals surface area contributed by atoms with Crippen LogP contribution in [-0.2, 0) is 5.41 Å². The molecule has 0 saturated heterocycles. The summed E-state index contributed by atoms with van der Waals surface area (Å²) in [6, 6.07) is 62.5. The van der Waals surface area contributed by atoms with Crippen LogP contribution in [-0.4, -0.2) is 19.4 Å². The first-order valence-electron chi connectivity index (χ1n) is 18.2. The number of hydrogen-bond donors (Lipinski definition) is 0. The van der Waals surface area contributed by atoms with Gasteiger partial charge < -0.3 is 9.47 Å². The zero-order valence-electron chi connectivity index (χ0n) is 28.6. The van der Waals surface area contributed by atoms with Gasteiger partial charge in [-0.05, 0) is 66.5 Å². The Morgan fingerprint density at radius 3 is 1.92 bits per heavy atom. The van der Waals surface area contributed by atoms with E-state index in [1.54, 1.807) is 0 Å². The molecule has 4 aliphatic rings. The highest BCUT2D eigenvalue weighted by Crippen LogP contribution is 2.55. The fourth-order valence-electron chi connectivity index (χ4n) is 10.8. The molecule has 12 rings (SSSR count). The van der Waals surface area contributed by atoms with Gasteiger partial charge in [0, 0.05) is 38.9 Å². The maximum absolute atomic E-state index is 2.76. The molecule has 4 heterocycles. The highest BCUT2D eigenvalue weighted by molar-refractivity contribution is 7.22. The number of hydrogen-bond acceptors (Lipinski definition) is 1. The Balaban J connectivity index is 1.33. The normalized spacial score (nSPS) is 16.6. The van der Waals surface area contributed by atoms with Gasteiger partial charge in [0.2, 0.25) is 0 Å². The lowest BCUT2D eigenvalue weighted by atomic mass is 9.32. The van der Waals surface area contributed by atoms with Gasteiger partial charge in [0.15, 0.2) is 8.07 Å². The van der Waals surface area contributed by atoms with Crippen LogP contribution in [0, 0.1) is 0 Å². The van der Waals surface area contributed by atoms with Crippen LogP contribution < -0.4 is 36.6 Å². The van der Waals surface area contributed by atoms with Crippen LogP contribution in [0.2, 0.25) is 0 Å². The highest BCUT2D eigenvalue weighted by Gasteiger charge is 2.55. The number of aromatic nitrogens is 1. The fourth-order valence-corrected chi connectivity index (χ4v) is 16.0. The predicted molar refractivity (Wildman–Crippen MR) is 218 cm³/mol. The quantitative estimate of drug-likeness (QED) is 0.189. The number of para-hydroxylation sites is 3. The Kier molecular flexibility index (Phi) is 5.19. The summed E-state index contributed by atoms with van der Waals surface area (Å²) in [4.78, 5) is 2.61. The van der Waals surface area contributed by atoms with Gasteiger partial charge in [0.25, 0.3) is 6.71 Å². The molecule has 238 valence electrons. The molecule has 2 nitrogen and oxygen atoms in total. The maximum Gasteiger partial charge on any atom is 0.252 e. The molecule has 0 N–H and O–H groups in total. The van der Waals surface area contributed by atoms with Crippen molar-refractivity contribution in [2.24, 2.45) is 0 Å². The smallest absolute Gasteiger partial charge is 0.252 e. The van der Waals surface area contributed by atoms with Gasteiger partial charge in [-0.15, -0.1) is 0 Å². The Morgan fingerprint density at radius 2 is 1.18 bits per heavy atom. The molecule has 1 aliphatic carbocycles. The van der Waals surface area contributed by atoms with Gasteiger partial charge in [-0.25, -0.2) is 0 Å². The molecule has 0 bridgehead atoms. The summed E-state index contributed by atoms with van der Waals surface area (Å²) in [5.74, 6) is 0. The molecule has 0 atom stereocenters. The number of nitrogens with zero attached hydrogens (tertiary/aromatic N) is 2. The zero-order valence-corrected chi connectivity index (χ0v) is 29.6. The molecule has 8 aromatic rings. The monoisotopic (exact) mass is 664 g/mol. The first-order chi connectivity index (χ1) is 25.1. The van der Waals surface area contributed by atoms with E-state index in [-0.39, 0.29) is 12.1 Å². The van der Waals surface area contributed by atoms with Crippen LogP contribution in [0.1, 0.15) is 25.0 Å². The Hall–Kier alpha value is -5.84. The Labute approximate surface area is 299 Å². The van der Waals surface area contributed by atoms with Crippen molar-refractivity contribution in [1.82, 2.24) is 4.57 Å². The second kappa shape index (κ2) is 9.48. The Morgan fingerprint density at radius 1 is 0.549 bits per heavy atom. The Bertz CT molecular complexity index is 2790. The van der Waals surface area contributed by atoms with Crippen molar-refractivity contribution >= 4 is 85.1 Å². The number of rotatable bonds is 3. The molecular weight excluding hydrogens is 631 g/mol. The maximum atomic E-state index is 2.71. The second-order valence-electron chi connectivity index (χ2n) is 15.2. The van der Waals surface area contributed by atoms with Crippen molar-refractivity contribution in [2.45, 2.75) is 19.3 Å². The SMILES string of the molecule is CC1(C)C2=C(B3c4cccc5c4-n4c6c(cccc6c6ccc(c3c64)N2c2ccccc2)[Si]5(c2ccccc2)c2ccccc2)c2ccccc21. The summed E-state index contributed by atoms with van der Waals surface area (Å²) in [7, 11) is -2.76. The van der Waals surface area contributed by atoms with Gasteiger partial charge in [-0.1, -0.05) is 159 Å². The van der Waals surface area contributed by atoms with Crippen LogP contribution in [0.3, 0.4) is 0 Å². The summed E-state index contributed by atoms with van der Waals surface area (Å²) < 4.78 is 2.71. The molecule has 0 spiro atoms. The molecule has 0 saturated carbocycles. The van der Waals surface area contributed by atoms with Crippen molar-refractivity contribution in [2.75, 3.05) is 4.90 Å². The van der Waals surface area contributed by atoms with Gasteiger partial charge >= 0.3 is 0 Å². The summed E-state index contributed by atoms with van der Waals surface area (Å²) in [5.41, 5.74) is 15.0. The van der Waals surface area contributed by atoms with E-state index in [0.29, 0.717) is 0 Å². The van der Waals surface area contributed by atoms with Crippen molar-refractivity contribution in [1.29, 1.82) is 0 Å². The van der Waals surface area contributed by atoms with Crippen LogP contribution in [0.25, 0.3) is 33.0 Å². The van der Waals surface area contributed by atoms with Gasteiger partial charge in [-0.3, -0.25) is 0 Å². The minimum atomic E-state index is -2.76. The van der Waals surface area contributed by atoms with Crippen LogP contribution in [0.15, 0.2) is 169 Å². The van der Waals surface area contributed by atoms with E-state index in [9.17, 15) is 0 Å². The van der Waals surface area contributed by atoms with E-state index in [2.05, 4.69) is 187 Å². The summed E-state index contributed by atoms with van der Waals surface area (Å²) >= 11 is 0. The third-order valence-electron chi connectivity index (χ3n) is 12.6. The van der Waals surface area contributed by atoms with E-state index in [4.69, 9.17) is 0 Å². The number of fused-ring (bicyclic) bond motifs is 5. The highest BCUT2D eigenvalue weighted by atomic mass is 28.3. The van der Waals surface area contributed by atoms with Gasteiger partial charge in [-0.2, -0.15) is 0 Å². The minimum Gasteiger partial charge on any atom is -0.314 e. The van der Waals surface area contributed by atoms with E-state index >= 15 is 0 Å². The van der Waals surface area contributed by atoms with E-state index in [1.807, 2.05) is 0 Å². The summed E-state index contributed by atoms with van der Waals surface area (Å²) in [6.07, 6.45) is 0. The first-order valence-corrected chi connectivity index (χ1v) is 20.2. The van der Waals surface area contributed by atoms with Crippen LogP contribution in [0.5, 0.6) is 0 Å². The van der Waals surface area contributed by atoms with Crippen molar-refractivity contribution in [3.63, 3.8) is 0 Å². The summed E-state index contributed by atoms with van der Waals surface area (Å²) in [5, 5.41) is 8.55. The third-order valence-corrected chi connectivity index (χ3v) is 17.4. The molecule has 0 fully saturated rings. The zero-order chi connectivity index (χ0) is 33.6. The molecule has 0 unspecified atom stereocenters. The minimum absolute atomic E-state index is 0.105. The summed E-state index contributed by atoms with van der Waals surface area (Å²) in [6.45, 7) is 4.97. The largest absolute Gasteiger partial charge is 0.314 e. The topological polar surface area (TPSA) is 8.17 Å². The van der Waals surface area contributed by atoms with Crippen molar-refractivity contribution in [3.8, 4) is 5.69 Å². The average molecular weight is 665 g/mol. The van der Waals surface area contributed by atoms with E-state index in [0.717, 1.165) is 0 Å². The fraction of sp³-hybridized carbons (Fsp3) is 0.0638. The standard InChI is InChI=1S/C47H33BN2Si/c1-47(2)36-24-13-12-22-35(36)41-46(47)49(30-16-6-3-7-17-30)38-29-28-34-33-23-14-26-39-43(33)50-44(34)42(38)48(41)37-25-15-27-40(45(37)50)51(39,31-18-8-4-9-19-31)32-20-10-5-11-21-32/h3-29H,1-2H3. The van der Waals surface area contributed by atoms with Crippen molar-refractivity contribution in [3.05, 3.63) is 181 Å². The van der Waals surface area contributed by atoms with E-state index in [1.165, 1.54) is 92.8 Å². The van der Waals surface area contributed by atoms with Gasteiger partial charge in [0.1, 0.15) is 0 Å². The number of benzene rings is 7. The lowest BCUT2D eigenvalue weighted by Crippen LogP contribution is -2.77. The molecule has 3 aliphatic heterocycles. The lowest BCUT2D eigenvalue weighted by molar-refractivity contribution is 0.626. The third kappa shape index (κ3) is 3.14. The van der Waals surface area contributed by atoms with Crippen LogP contribution >= 0.6 is 0 Å². The molecule has 0 radical (unpaired) electrons. The van der Waals surface area contributed by atoms with Crippen LogP contribution in [0.4, 0.5) is 11.4 Å². The predicted octanol–water partition coefficient (Wildman–Crippen LogP) is 6.79.